The molecule has 14 nitrogen and oxygen atoms in total. The lowest BCUT2D eigenvalue weighted by molar-refractivity contribution is 0.0279. The van der Waals surface area contributed by atoms with Crippen LogP contribution < -0.4 is 20.3 Å². The number of aliphatic hydroxyl groups is 2. The Balaban J connectivity index is 0.000000206. The van der Waals surface area contributed by atoms with Crippen molar-refractivity contribution >= 4 is 0 Å². The summed E-state index contributed by atoms with van der Waals surface area (Å²) in [4.78, 5) is 42.6. The third kappa shape index (κ3) is 12.8. The number of nitrogens with zero attached hydrogens (tertiary/aromatic N) is 8. The lowest BCUT2D eigenvalue weighted by atomic mass is 9.95. The zero-order valence-electron chi connectivity index (χ0n) is 38.9. The summed E-state index contributed by atoms with van der Waals surface area (Å²) in [6.45, 7) is 10.5. The number of ether oxygens (including phenoxy) is 2. The summed E-state index contributed by atoms with van der Waals surface area (Å²) in [7, 11) is 0. The molecular weight excluding hydrogens is 909 g/mol. The molecule has 4 heterocycles. The van der Waals surface area contributed by atoms with Gasteiger partial charge in [-0.15, -0.1) is 0 Å². The molecule has 0 aliphatic carbocycles. The minimum atomic E-state index is -0.998. The van der Waals surface area contributed by atoms with Crippen molar-refractivity contribution in [2.75, 3.05) is 13.2 Å². The van der Waals surface area contributed by atoms with Crippen LogP contribution in [0.25, 0.3) is 34.2 Å². The first-order chi connectivity index (χ1) is 33.2. The molecule has 0 spiro atoms. The summed E-state index contributed by atoms with van der Waals surface area (Å²) in [5, 5.41) is 28.4. The molecule has 8 rings (SSSR count). The lowest BCUT2D eigenvalue weighted by Gasteiger charge is -2.17. The summed E-state index contributed by atoms with van der Waals surface area (Å²) in [5.41, 5.74) is 1.70. The number of hydrogen-bond donors (Lipinski definition) is 2. The lowest BCUT2D eigenvalue weighted by Crippen LogP contribution is -2.27. The Morgan fingerprint density at radius 2 is 0.900 bits per heavy atom. The highest BCUT2D eigenvalue weighted by atomic mass is 19.2. The van der Waals surface area contributed by atoms with Gasteiger partial charge in [0.2, 0.25) is 10.9 Å². The van der Waals surface area contributed by atoms with Crippen LogP contribution in [0.2, 0.25) is 0 Å². The van der Waals surface area contributed by atoms with Gasteiger partial charge in [-0.05, 0) is 75.2 Å². The fourth-order valence-electron chi connectivity index (χ4n) is 6.80. The summed E-state index contributed by atoms with van der Waals surface area (Å²) >= 11 is 0. The number of halogens is 4. The minimum Gasteiger partial charge on any atom is -0.487 e. The molecule has 0 saturated carbocycles. The average Bonchev–Trinajstić information content (AvgIpc) is 3.34. The van der Waals surface area contributed by atoms with Gasteiger partial charge in [-0.3, -0.25) is 9.59 Å². The molecule has 360 valence electrons. The SMILES string of the molecule is CC(c1cccc(-c2ncc(OCC(C)(C)O)cn2)c1)c1nn(-c2ccc(F)c(F)c2)ccc1=O.CC(c1cccc(-c2ncc(OCC(C)(C)O)cn2)c1)c1nn(-c2ccc(F)c(F)c2)ccc1=O. The van der Waals surface area contributed by atoms with Crippen LogP contribution >= 0.6 is 0 Å². The maximum atomic E-state index is 13.7. The number of rotatable bonds is 14. The molecule has 0 saturated heterocycles. The van der Waals surface area contributed by atoms with Crippen molar-refractivity contribution in [2.45, 2.75) is 64.6 Å². The van der Waals surface area contributed by atoms with Gasteiger partial charge in [0.1, 0.15) is 24.6 Å². The maximum absolute atomic E-state index is 13.7. The Bertz CT molecular complexity index is 3010. The van der Waals surface area contributed by atoms with E-state index in [2.05, 4.69) is 30.1 Å². The molecule has 2 unspecified atom stereocenters. The minimum absolute atomic E-state index is 0.106. The van der Waals surface area contributed by atoms with Crippen molar-refractivity contribution in [3.05, 3.63) is 200 Å². The Labute approximate surface area is 399 Å². The molecule has 70 heavy (non-hydrogen) atoms. The van der Waals surface area contributed by atoms with Crippen molar-refractivity contribution in [3.63, 3.8) is 0 Å². The van der Waals surface area contributed by atoms with Gasteiger partial charge in [0.05, 0.1) is 47.4 Å². The molecule has 8 aromatic rings. The van der Waals surface area contributed by atoms with Crippen molar-refractivity contribution in [3.8, 4) is 45.6 Å². The number of aromatic nitrogens is 8. The van der Waals surface area contributed by atoms with Gasteiger partial charge >= 0.3 is 0 Å². The fraction of sp³-hybridized carbons (Fsp3) is 0.231. The van der Waals surface area contributed by atoms with Crippen LogP contribution in [-0.4, -0.2) is 74.1 Å². The molecule has 2 atom stereocenters. The van der Waals surface area contributed by atoms with E-state index >= 15 is 0 Å². The van der Waals surface area contributed by atoms with Crippen LogP contribution in [0.1, 0.15) is 75.9 Å². The highest BCUT2D eigenvalue weighted by molar-refractivity contribution is 5.58. The van der Waals surface area contributed by atoms with Gasteiger partial charge in [-0.25, -0.2) is 46.9 Å². The van der Waals surface area contributed by atoms with Crippen LogP contribution in [0, 0.1) is 23.3 Å². The third-order valence-corrected chi connectivity index (χ3v) is 10.6. The molecule has 4 aromatic heterocycles. The summed E-state index contributed by atoms with van der Waals surface area (Å²) in [6, 6.07) is 24.4. The molecule has 0 amide bonds. The van der Waals surface area contributed by atoms with Gasteiger partial charge in [-0.2, -0.15) is 10.2 Å². The number of benzene rings is 4. The molecule has 2 N–H and O–H groups in total. The van der Waals surface area contributed by atoms with Crippen LogP contribution in [0.3, 0.4) is 0 Å². The van der Waals surface area contributed by atoms with Crippen LogP contribution in [0.15, 0.2) is 144 Å². The van der Waals surface area contributed by atoms with Crippen molar-refractivity contribution < 1.29 is 37.2 Å². The first-order valence-corrected chi connectivity index (χ1v) is 21.9. The molecule has 0 fully saturated rings. The largest absolute Gasteiger partial charge is 0.487 e. The Kier molecular flexibility index (Phi) is 15.1. The topological polar surface area (TPSA) is 180 Å². The van der Waals surface area contributed by atoms with Gasteiger partial charge in [0.25, 0.3) is 0 Å². The molecule has 0 bridgehead atoms. The second-order valence-corrected chi connectivity index (χ2v) is 17.6. The Morgan fingerprint density at radius 3 is 1.24 bits per heavy atom. The van der Waals surface area contributed by atoms with Crippen LogP contribution in [-0.2, 0) is 0 Å². The van der Waals surface area contributed by atoms with Crippen molar-refractivity contribution in [2.24, 2.45) is 0 Å². The molecule has 0 aliphatic rings. The second-order valence-electron chi connectivity index (χ2n) is 17.6. The summed E-state index contributed by atoms with van der Waals surface area (Å²) in [6.07, 6.45) is 8.95. The molecule has 4 aromatic carbocycles. The van der Waals surface area contributed by atoms with Gasteiger partial charge in [0, 0.05) is 59.6 Å². The number of hydrogen-bond acceptors (Lipinski definition) is 12. The predicted molar refractivity (Wildman–Crippen MR) is 253 cm³/mol. The average molecular weight is 957 g/mol. The standard InChI is InChI=1S/2C26H24F2N4O3/c2*1-16(24-23(33)9-10-32(31-24)19-7-8-21(27)22(28)12-19)17-5-4-6-18(11-17)25-29-13-20(14-30-25)35-15-26(2,3)34/h2*4-14,16,34H,15H2,1-3H3. The molecule has 0 aliphatic heterocycles. The van der Waals surface area contributed by atoms with E-state index in [-0.39, 0.29) is 35.5 Å². The van der Waals surface area contributed by atoms with E-state index < -0.39 is 46.3 Å². The van der Waals surface area contributed by atoms with Crippen molar-refractivity contribution in [1.29, 1.82) is 0 Å². The van der Waals surface area contributed by atoms with E-state index in [1.54, 1.807) is 27.7 Å². The summed E-state index contributed by atoms with van der Waals surface area (Å²) < 4.78 is 67.7. The van der Waals surface area contributed by atoms with E-state index in [1.807, 2.05) is 62.4 Å². The smallest absolute Gasteiger partial charge is 0.203 e. The second kappa shape index (κ2) is 21.1. The van der Waals surface area contributed by atoms with Crippen molar-refractivity contribution in [1.82, 2.24) is 39.5 Å². The van der Waals surface area contributed by atoms with E-state index in [0.717, 1.165) is 46.5 Å². The monoisotopic (exact) mass is 956 g/mol. The molecule has 0 radical (unpaired) electrons. The highest BCUT2D eigenvalue weighted by Crippen LogP contribution is 2.28. The molecule has 18 heteroatoms. The predicted octanol–water partition coefficient (Wildman–Crippen LogP) is 8.54. The van der Waals surface area contributed by atoms with E-state index in [0.29, 0.717) is 34.5 Å². The first kappa shape index (κ1) is 49.9. The van der Waals surface area contributed by atoms with Gasteiger partial charge < -0.3 is 19.7 Å². The molecular formula is C52H48F4N8O6. The summed E-state index contributed by atoms with van der Waals surface area (Å²) in [5.74, 6) is -2.89. The first-order valence-electron chi connectivity index (χ1n) is 21.9. The Hall–Kier alpha value is -7.96. The third-order valence-electron chi connectivity index (χ3n) is 10.6. The van der Waals surface area contributed by atoms with Gasteiger partial charge in [0.15, 0.2) is 46.4 Å². The van der Waals surface area contributed by atoms with Gasteiger partial charge in [-0.1, -0.05) is 50.2 Å². The van der Waals surface area contributed by atoms with Crippen LogP contribution in [0.4, 0.5) is 17.6 Å². The zero-order chi connectivity index (χ0) is 50.3. The van der Waals surface area contributed by atoms with E-state index in [1.165, 1.54) is 70.8 Å². The quantitative estimate of drug-likeness (QED) is 0.0994. The van der Waals surface area contributed by atoms with E-state index in [4.69, 9.17) is 9.47 Å². The highest BCUT2D eigenvalue weighted by Gasteiger charge is 2.20. The normalized spacial score (nSPS) is 12.4. The Morgan fingerprint density at radius 1 is 0.529 bits per heavy atom. The van der Waals surface area contributed by atoms with Crippen LogP contribution in [0.5, 0.6) is 11.5 Å². The fourth-order valence-corrected chi connectivity index (χ4v) is 6.80. The van der Waals surface area contributed by atoms with E-state index in [9.17, 15) is 37.4 Å². The maximum Gasteiger partial charge on any atom is 0.203 e. The zero-order valence-corrected chi connectivity index (χ0v) is 38.9.